The van der Waals surface area contributed by atoms with Gasteiger partial charge in [0.05, 0.1) is 5.56 Å². The molecule has 1 aromatic carbocycles. The molecule has 0 unspecified atom stereocenters. The highest BCUT2D eigenvalue weighted by atomic mass is 35.5. The van der Waals surface area contributed by atoms with Crippen LogP contribution in [0.3, 0.4) is 0 Å². The summed E-state index contributed by atoms with van der Waals surface area (Å²) in [7, 11) is 0. The fourth-order valence-electron chi connectivity index (χ4n) is 1.39. The fraction of sp³-hybridized carbons (Fsp3) is 0.333. The molecule has 1 amide bonds. The molecule has 98 valence electrons. The zero-order valence-corrected chi connectivity index (χ0v) is 11.1. The van der Waals surface area contributed by atoms with E-state index in [9.17, 15) is 9.59 Å². The number of carboxylic acid groups (broad SMARTS) is 1. The summed E-state index contributed by atoms with van der Waals surface area (Å²) >= 11 is 11.3. The first-order chi connectivity index (χ1) is 8.52. The number of amides is 1. The monoisotopic (exact) mass is 289 g/mol. The third-order valence-electron chi connectivity index (χ3n) is 2.23. The Morgan fingerprint density at radius 3 is 2.61 bits per heavy atom. The normalized spacial score (nSPS) is 10.1. The van der Waals surface area contributed by atoms with Crippen molar-refractivity contribution < 1.29 is 14.7 Å². The number of carbonyl (C=O) groups is 2. The molecular weight excluding hydrogens is 277 g/mol. The molecule has 0 fully saturated rings. The van der Waals surface area contributed by atoms with E-state index in [4.69, 9.17) is 28.3 Å². The molecule has 4 nitrogen and oxygen atoms in total. The van der Waals surface area contributed by atoms with E-state index in [1.165, 1.54) is 12.1 Å². The lowest BCUT2D eigenvalue weighted by Gasteiger charge is -2.06. The highest BCUT2D eigenvalue weighted by Crippen LogP contribution is 2.15. The number of hydrogen-bond acceptors (Lipinski definition) is 2. The van der Waals surface area contributed by atoms with Gasteiger partial charge in [0.25, 0.3) is 0 Å². The average molecular weight is 290 g/mol. The van der Waals surface area contributed by atoms with E-state index in [1.807, 2.05) is 0 Å². The molecule has 0 bridgehead atoms. The van der Waals surface area contributed by atoms with Crippen molar-refractivity contribution in [1.82, 2.24) is 5.32 Å². The van der Waals surface area contributed by atoms with Crippen LogP contribution in [0.2, 0.25) is 5.02 Å². The number of benzene rings is 1. The topological polar surface area (TPSA) is 66.4 Å². The van der Waals surface area contributed by atoms with Crippen LogP contribution in [-0.2, 0) is 11.3 Å². The number of hydrogen-bond donors (Lipinski definition) is 2. The standard InChI is InChI=1S/C12H13Cl2NO3/c13-3-1-2-11(16)15-7-8-4-9(12(17)18)6-10(14)5-8/h4-6H,1-3,7H2,(H,15,16)(H,17,18). The quantitative estimate of drug-likeness (QED) is 0.791. The first-order valence-corrected chi connectivity index (χ1v) is 6.29. The number of carbonyl (C=O) groups excluding carboxylic acids is 1. The maximum absolute atomic E-state index is 11.4. The molecule has 0 radical (unpaired) electrons. The van der Waals surface area contributed by atoms with E-state index in [0.29, 0.717) is 29.3 Å². The Bertz CT molecular complexity index is 449. The van der Waals surface area contributed by atoms with Gasteiger partial charge >= 0.3 is 5.97 Å². The number of alkyl halides is 1. The molecule has 0 spiro atoms. The smallest absolute Gasteiger partial charge is 0.335 e. The van der Waals surface area contributed by atoms with Gasteiger partial charge in [0.2, 0.25) is 5.91 Å². The minimum absolute atomic E-state index is 0.104. The molecule has 1 aromatic rings. The second-order valence-corrected chi connectivity index (χ2v) is 4.54. The van der Waals surface area contributed by atoms with Gasteiger partial charge in [-0.25, -0.2) is 4.79 Å². The number of rotatable bonds is 6. The molecule has 0 aliphatic heterocycles. The molecule has 0 saturated carbocycles. The van der Waals surface area contributed by atoms with Gasteiger partial charge in [-0.15, -0.1) is 11.6 Å². The number of aromatic carboxylic acids is 1. The van der Waals surface area contributed by atoms with Crippen LogP contribution in [0.25, 0.3) is 0 Å². The van der Waals surface area contributed by atoms with Crippen LogP contribution < -0.4 is 5.32 Å². The Labute approximate surface area is 115 Å². The van der Waals surface area contributed by atoms with Crippen molar-refractivity contribution in [3.05, 3.63) is 34.3 Å². The van der Waals surface area contributed by atoms with Crippen molar-refractivity contribution in [2.45, 2.75) is 19.4 Å². The molecule has 2 N–H and O–H groups in total. The summed E-state index contributed by atoms with van der Waals surface area (Å²) in [5.41, 5.74) is 0.756. The highest BCUT2D eigenvalue weighted by Gasteiger charge is 2.07. The lowest BCUT2D eigenvalue weighted by atomic mass is 10.1. The molecule has 6 heteroatoms. The number of halogens is 2. The Morgan fingerprint density at radius 1 is 1.28 bits per heavy atom. The fourth-order valence-corrected chi connectivity index (χ4v) is 1.78. The van der Waals surface area contributed by atoms with E-state index in [-0.39, 0.29) is 18.0 Å². The molecule has 0 atom stereocenters. The summed E-state index contributed by atoms with van der Waals surface area (Å²) in [5, 5.41) is 11.9. The van der Waals surface area contributed by atoms with Gasteiger partial charge in [0.15, 0.2) is 0 Å². The van der Waals surface area contributed by atoms with Crippen LogP contribution >= 0.6 is 23.2 Å². The predicted molar refractivity (Wildman–Crippen MR) is 70.2 cm³/mol. The second-order valence-electron chi connectivity index (χ2n) is 3.72. The summed E-state index contributed by atoms with van der Waals surface area (Å²) < 4.78 is 0. The van der Waals surface area contributed by atoms with Gasteiger partial charge in [0, 0.05) is 23.9 Å². The lowest BCUT2D eigenvalue weighted by molar-refractivity contribution is -0.121. The van der Waals surface area contributed by atoms with Gasteiger partial charge in [-0.3, -0.25) is 4.79 Å². The van der Waals surface area contributed by atoms with E-state index < -0.39 is 5.97 Å². The first kappa shape index (κ1) is 14.8. The van der Waals surface area contributed by atoms with Crippen molar-refractivity contribution >= 4 is 35.1 Å². The highest BCUT2D eigenvalue weighted by molar-refractivity contribution is 6.31. The van der Waals surface area contributed by atoms with Crippen molar-refractivity contribution in [3.8, 4) is 0 Å². The molecule has 0 aliphatic carbocycles. The van der Waals surface area contributed by atoms with Gasteiger partial charge in [-0.05, 0) is 30.2 Å². The third-order valence-corrected chi connectivity index (χ3v) is 2.72. The molecule has 1 rings (SSSR count). The van der Waals surface area contributed by atoms with Gasteiger partial charge in [-0.2, -0.15) is 0 Å². The van der Waals surface area contributed by atoms with Crippen LogP contribution in [0.1, 0.15) is 28.8 Å². The van der Waals surface area contributed by atoms with Crippen molar-refractivity contribution in [1.29, 1.82) is 0 Å². The molecule has 0 aromatic heterocycles. The van der Waals surface area contributed by atoms with E-state index in [2.05, 4.69) is 5.32 Å². The molecule has 0 heterocycles. The predicted octanol–water partition coefficient (Wildman–Crippen LogP) is 2.67. The van der Waals surface area contributed by atoms with Gasteiger partial charge in [-0.1, -0.05) is 11.6 Å². The van der Waals surface area contributed by atoms with Crippen LogP contribution in [0.4, 0.5) is 0 Å². The van der Waals surface area contributed by atoms with Crippen molar-refractivity contribution in [2.24, 2.45) is 0 Å². The van der Waals surface area contributed by atoms with Crippen LogP contribution in [-0.4, -0.2) is 22.9 Å². The molecular formula is C12H13Cl2NO3. The van der Waals surface area contributed by atoms with Gasteiger partial charge < -0.3 is 10.4 Å². The second kappa shape index (κ2) is 7.24. The first-order valence-electron chi connectivity index (χ1n) is 5.38. The van der Waals surface area contributed by atoms with Crippen LogP contribution in [0.5, 0.6) is 0 Å². The minimum Gasteiger partial charge on any atom is -0.478 e. The Balaban J connectivity index is 2.62. The molecule has 0 aliphatic rings. The maximum atomic E-state index is 11.4. The maximum Gasteiger partial charge on any atom is 0.335 e. The van der Waals surface area contributed by atoms with E-state index in [1.54, 1.807) is 6.07 Å². The minimum atomic E-state index is -1.05. The van der Waals surface area contributed by atoms with Crippen molar-refractivity contribution in [2.75, 3.05) is 5.88 Å². The Hall–Kier alpha value is -1.26. The Kier molecular flexibility index (Phi) is 5.95. The molecule has 18 heavy (non-hydrogen) atoms. The Morgan fingerprint density at radius 2 is 2.00 bits per heavy atom. The number of nitrogens with one attached hydrogen (secondary N) is 1. The average Bonchev–Trinajstić information content (AvgIpc) is 2.33. The summed E-state index contributed by atoms with van der Waals surface area (Å²) in [6.07, 6.45) is 0.971. The van der Waals surface area contributed by atoms with E-state index in [0.717, 1.165) is 0 Å². The summed E-state index contributed by atoms with van der Waals surface area (Å²) in [6.45, 7) is 0.252. The van der Waals surface area contributed by atoms with Crippen LogP contribution in [0.15, 0.2) is 18.2 Å². The molecule has 0 saturated heterocycles. The van der Waals surface area contributed by atoms with Crippen LogP contribution in [0, 0.1) is 0 Å². The van der Waals surface area contributed by atoms with E-state index >= 15 is 0 Å². The summed E-state index contributed by atoms with van der Waals surface area (Å²) in [5.74, 6) is -0.729. The van der Waals surface area contributed by atoms with Gasteiger partial charge in [0.1, 0.15) is 0 Å². The summed E-state index contributed by atoms with van der Waals surface area (Å²) in [6, 6.07) is 4.47. The zero-order chi connectivity index (χ0) is 13.5. The number of carboxylic acids is 1. The van der Waals surface area contributed by atoms with Crippen molar-refractivity contribution in [3.63, 3.8) is 0 Å². The SMILES string of the molecule is O=C(CCCCl)NCc1cc(Cl)cc(C(=O)O)c1. The largest absolute Gasteiger partial charge is 0.478 e. The third kappa shape index (κ3) is 4.94. The zero-order valence-electron chi connectivity index (χ0n) is 9.58. The lowest BCUT2D eigenvalue weighted by Crippen LogP contribution is -2.22. The summed E-state index contributed by atoms with van der Waals surface area (Å²) in [4.78, 5) is 22.2.